The topological polar surface area (TPSA) is 32.3 Å². The van der Waals surface area contributed by atoms with Crippen LogP contribution >= 0.6 is 0 Å². The molecule has 3 rings (SSSR count). The number of carbonyl (C=O) groups excluding carboxylic acids is 1. The molecule has 3 nitrogen and oxygen atoms in total. The van der Waals surface area contributed by atoms with E-state index < -0.39 is 0 Å². The molecule has 0 spiro atoms. The summed E-state index contributed by atoms with van der Waals surface area (Å²) in [4.78, 5) is 14.7. The first-order chi connectivity index (χ1) is 9.68. The summed E-state index contributed by atoms with van der Waals surface area (Å²) in [6.45, 7) is 4.11. The van der Waals surface area contributed by atoms with Crippen molar-refractivity contribution in [3.8, 4) is 0 Å². The molecule has 108 valence electrons. The number of nitrogens with zero attached hydrogens (tertiary/aromatic N) is 1. The average Bonchev–Trinajstić information content (AvgIpc) is 2.76. The average molecular weight is 272 g/mol. The lowest BCUT2D eigenvalue weighted by molar-refractivity contribution is -0.132. The molecule has 0 aromatic heterocycles. The molecule has 1 saturated carbocycles. The normalized spacial score (nSPS) is 28.1. The molecule has 3 heteroatoms. The zero-order chi connectivity index (χ0) is 14.1. The highest BCUT2D eigenvalue weighted by Crippen LogP contribution is 2.34. The Balaban J connectivity index is 1.91. The molecule has 2 aliphatic rings. The van der Waals surface area contributed by atoms with Crippen molar-refractivity contribution < 1.29 is 4.79 Å². The van der Waals surface area contributed by atoms with Gasteiger partial charge in [0, 0.05) is 6.04 Å². The summed E-state index contributed by atoms with van der Waals surface area (Å²) in [5.74, 6) is 0.269. The summed E-state index contributed by atoms with van der Waals surface area (Å²) in [7, 11) is 0. The van der Waals surface area contributed by atoms with Crippen LogP contribution in [0.5, 0.6) is 0 Å². The van der Waals surface area contributed by atoms with Crippen LogP contribution in [0.1, 0.15) is 56.3 Å². The largest absolute Gasteiger partial charge is 0.319 e. The van der Waals surface area contributed by atoms with Crippen LogP contribution in [-0.2, 0) is 4.79 Å². The Bertz CT molecular complexity index is 494. The van der Waals surface area contributed by atoms with Crippen molar-refractivity contribution in [2.45, 2.75) is 64.2 Å². The predicted octanol–water partition coefficient (Wildman–Crippen LogP) is 3.15. The molecule has 1 aliphatic heterocycles. The molecule has 2 atom stereocenters. The molecule has 1 N–H and O–H groups in total. The second kappa shape index (κ2) is 5.57. The van der Waals surface area contributed by atoms with Gasteiger partial charge in [0.1, 0.15) is 6.17 Å². The van der Waals surface area contributed by atoms with E-state index >= 15 is 0 Å². The minimum atomic E-state index is -0.0680. The molecule has 1 saturated heterocycles. The van der Waals surface area contributed by atoms with Gasteiger partial charge in [0.05, 0.1) is 6.04 Å². The predicted molar refractivity (Wildman–Crippen MR) is 80.2 cm³/mol. The van der Waals surface area contributed by atoms with Gasteiger partial charge in [-0.15, -0.1) is 0 Å². The summed E-state index contributed by atoms with van der Waals surface area (Å²) in [6, 6.07) is 8.75. The summed E-state index contributed by atoms with van der Waals surface area (Å²) in [5, 5.41) is 3.48. The van der Waals surface area contributed by atoms with E-state index in [9.17, 15) is 4.79 Å². The number of rotatable bonds is 2. The lowest BCUT2D eigenvalue weighted by atomic mass is 9.93. The highest BCUT2D eigenvalue weighted by atomic mass is 16.2. The molecule has 1 amide bonds. The van der Waals surface area contributed by atoms with Crippen LogP contribution in [-0.4, -0.2) is 22.9 Å². The van der Waals surface area contributed by atoms with Crippen molar-refractivity contribution >= 4 is 5.91 Å². The van der Waals surface area contributed by atoms with E-state index in [0.29, 0.717) is 6.04 Å². The Morgan fingerprint density at radius 2 is 1.85 bits per heavy atom. The first-order valence-electron chi connectivity index (χ1n) is 7.82. The van der Waals surface area contributed by atoms with Crippen molar-refractivity contribution in [2.24, 2.45) is 0 Å². The fourth-order valence-corrected chi connectivity index (χ4v) is 3.62. The number of benzene rings is 1. The summed E-state index contributed by atoms with van der Waals surface area (Å²) in [5.41, 5.74) is 2.50. The van der Waals surface area contributed by atoms with Gasteiger partial charge in [-0.25, -0.2) is 0 Å². The molecule has 2 fully saturated rings. The fourth-order valence-electron chi connectivity index (χ4n) is 3.62. The first-order valence-corrected chi connectivity index (χ1v) is 7.82. The fraction of sp³-hybridized carbons (Fsp3) is 0.588. The summed E-state index contributed by atoms with van der Waals surface area (Å²) >= 11 is 0. The smallest absolute Gasteiger partial charge is 0.241 e. The van der Waals surface area contributed by atoms with Gasteiger partial charge in [0.15, 0.2) is 0 Å². The Morgan fingerprint density at radius 3 is 2.55 bits per heavy atom. The van der Waals surface area contributed by atoms with E-state index in [4.69, 9.17) is 0 Å². The van der Waals surface area contributed by atoms with E-state index in [2.05, 4.69) is 41.4 Å². The molecule has 1 aromatic carbocycles. The van der Waals surface area contributed by atoms with E-state index in [1.165, 1.54) is 30.4 Å². The Labute approximate surface area is 121 Å². The van der Waals surface area contributed by atoms with Gasteiger partial charge in [-0.1, -0.05) is 43.5 Å². The zero-order valence-electron chi connectivity index (χ0n) is 12.4. The minimum absolute atomic E-state index is 0.0572. The van der Waals surface area contributed by atoms with Crippen LogP contribution in [0.25, 0.3) is 0 Å². The second-order valence-corrected chi connectivity index (χ2v) is 6.18. The van der Waals surface area contributed by atoms with Gasteiger partial charge in [-0.05, 0) is 37.8 Å². The van der Waals surface area contributed by atoms with Crippen LogP contribution in [0.15, 0.2) is 24.3 Å². The minimum Gasteiger partial charge on any atom is -0.319 e. The van der Waals surface area contributed by atoms with Crippen molar-refractivity contribution in [1.29, 1.82) is 0 Å². The maximum atomic E-state index is 12.6. The van der Waals surface area contributed by atoms with Gasteiger partial charge in [-0.3, -0.25) is 10.1 Å². The van der Waals surface area contributed by atoms with Crippen LogP contribution in [0.2, 0.25) is 0 Å². The molecular weight excluding hydrogens is 248 g/mol. The molecule has 20 heavy (non-hydrogen) atoms. The number of nitrogens with one attached hydrogen (secondary N) is 1. The Kier molecular flexibility index (Phi) is 3.79. The highest BCUT2D eigenvalue weighted by molar-refractivity contribution is 5.84. The highest BCUT2D eigenvalue weighted by Gasteiger charge is 2.41. The van der Waals surface area contributed by atoms with Crippen molar-refractivity contribution in [3.05, 3.63) is 35.4 Å². The SMILES string of the molecule is Cc1ccccc1C1NC(C)C(=O)N1C1CCCCC1. The standard InChI is InChI=1S/C17H24N2O/c1-12-8-6-7-11-15(12)16-18-13(2)17(20)19(16)14-9-4-3-5-10-14/h6-8,11,13-14,16,18H,3-5,9-10H2,1-2H3. The van der Waals surface area contributed by atoms with Gasteiger partial charge in [0.25, 0.3) is 0 Å². The first kappa shape index (κ1) is 13.6. The van der Waals surface area contributed by atoms with Crippen LogP contribution in [0, 0.1) is 6.92 Å². The molecule has 0 bridgehead atoms. The monoisotopic (exact) mass is 272 g/mol. The molecule has 1 heterocycles. The van der Waals surface area contributed by atoms with E-state index in [0.717, 1.165) is 12.8 Å². The lowest BCUT2D eigenvalue weighted by Crippen LogP contribution is -2.41. The third kappa shape index (κ3) is 2.35. The van der Waals surface area contributed by atoms with Gasteiger partial charge in [-0.2, -0.15) is 0 Å². The molecule has 1 aromatic rings. The quantitative estimate of drug-likeness (QED) is 0.897. The molecule has 2 unspecified atom stereocenters. The Hall–Kier alpha value is -1.35. The summed E-state index contributed by atoms with van der Waals surface area (Å²) < 4.78 is 0. The van der Waals surface area contributed by atoms with E-state index in [1.807, 2.05) is 6.92 Å². The number of aryl methyl sites for hydroxylation is 1. The molecule has 0 radical (unpaired) electrons. The summed E-state index contributed by atoms with van der Waals surface area (Å²) in [6.07, 6.45) is 6.19. The lowest BCUT2D eigenvalue weighted by Gasteiger charge is -2.35. The van der Waals surface area contributed by atoms with Crippen LogP contribution in [0.3, 0.4) is 0 Å². The van der Waals surface area contributed by atoms with Gasteiger partial charge >= 0.3 is 0 Å². The third-order valence-electron chi connectivity index (χ3n) is 4.76. The number of carbonyl (C=O) groups is 1. The number of hydrogen-bond acceptors (Lipinski definition) is 2. The third-order valence-corrected chi connectivity index (χ3v) is 4.76. The maximum absolute atomic E-state index is 12.6. The second-order valence-electron chi connectivity index (χ2n) is 6.18. The van der Waals surface area contributed by atoms with Crippen molar-refractivity contribution in [3.63, 3.8) is 0 Å². The van der Waals surface area contributed by atoms with Crippen molar-refractivity contribution in [2.75, 3.05) is 0 Å². The van der Waals surface area contributed by atoms with Gasteiger partial charge in [0.2, 0.25) is 5.91 Å². The van der Waals surface area contributed by atoms with Gasteiger partial charge < -0.3 is 4.90 Å². The maximum Gasteiger partial charge on any atom is 0.241 e. The van der Waals surface area contributed by atoms with Crippen LogP contribution in [0.4, 0.5) is 0 Å². The van der Waals surface area contributed by atoms with E-state index in [1.54, 1.807) is 0 Å². The van der Waals surface area contributed by atoms with E-state index in [-0.39, 0.29) is 18.1 Å². The number of hydrogen-bond donors (Lipinski definition) is 1. The number of amides is 1. The molecular formula is C17H24N2O. The zero-order valence-corrected chi connectivity index (χ0v) is 12.4. The Morgan fingerprint density at radius 1 is 1.15 bits per heavy atom. The molecule has 1 aliphatic carbocycles. The van der Waals surface area contributed by atoms with Crippen LogP contribution < -0.4 is 5.32 Å². The van der Waals surface area contributed by atoms with Crippen molar-refractivity contribution in [1.82, 2.24) is 10.2 Å².